The lowest BCUT2D eigenvalue weighted by molar-refractivity contribution is -0.384. The molecule has 0 aliphatic rings. The number of nitro benzene ring substituents is 1. The highest BCUT2D eigenvalue weighted by atomic mass is 16.6. The highest BCUT2D eigenvalue weighted by Gasteiger charge is 2.20. The van der Waals surface area contributed by atoms with E-state index in [1.54, 1.807) is 12.1 Å². The summed E-state index contributed by atoms with van der Waals surface area (Å²) in [5.74, 6) is 0. The third-order valence-electron chi connectivity index (χ3n) is 4.61. The third kappa shape index (κ3) is 3.47. The summed E-state index contributed by atoms with van der Waals surface area (Å²) in [6.45, 7) is 2.18. The fourth-order valence-electron chi connectivity index (χ4n) is 3.45. The standard InChI is InChI=1S/C20H24N4O2/c1-22(2)11-6-12-23-18-10-9-16(24(25)26)13-17(18)20(19(23)14-21)15-7-4-3-5-8-15/h3-5,7-10,13H,6,11-12,14,21H2,1-2H3. The van der Waals surface area contributed by atoms with E-state index in [1.807, 2.05) is 36.4 Å². The number of benzene rings is 2. The molecular formula is C20H24N4O2. The lowest BCUT2D eigenvalue weighted by Crippen LogP contribution is -2.16. The van der Waals surface area contributed by atoms with Crippen LogP contribution in [0.15, 0.2) is 48.5 Å². The van der Waals surface area contributed by atoms with Gasteiger partial charge in [-0.3, -0.25) is 10.1 Å². The Bertz CT molecular complexity index is 916. The maximum Gasteiger partial charge on any atom is 0.270 e. The average Bonchev–Trinajstić information content (AvgIpc) is 2.95. The van der Waals surface area contributed by atoms with Crippen LogP contribution in [-0.2, 0) is 13.1 Å². The van der Waals surface area contributed by atoms with E-state index in [2.05, 4.69) is 23.6 Å². The quantitative estimate of drug-likeness (QED) is 0.520. The summed E-state index contributed by atoms with van der Waals surface area (Å²) < 4.78 is 2.21. The number of hydrogen-bond donors (Lipinski definition) is 1. The van der Waals surface area contributed by atoms with E-state index in [1.165, 1.54) is 0 Å². The van der Waals surface area contributed by atoms with Crippen LogP contribution in [0.4, 0.5) is 5.69 Å². The minimum absolute atomic E-state index is 0.101. The van der Waals surface area contributed by atoms with Crippen molar-refractivity contribution in [2.24, 2.45) is 5.73 Å². The summed E-state index contributed by atoms with van der Waals surface area (Å²) >= 11 is 0. The van der Waals surface area contributed by atoms with Crippen molar-refractivity contribution in [1.82, 2.24) is 9.47 Å². The molecule has 0 saturated heterocycles. The zero-order valence-corrected chi connectivity index (χ0v) is 15.2. The summed E-state index contributed by atoms with van der Waals surface area (Å²) in [5.41, 5.74) is 10.3. The normalized spacial score (nSPS) is 11.4. The van der Waals surface area contributed by atoms with Crippen molar-refractivity contribution in [2.45, 2.75) is 19.5 Å². The van der Waals surface area contributed by atoms with Gasteiger partial charge in [0, 0.05) is 47.4 Å². The lowest BCUT2D eigenvalue weighted by atomic mass is 10.0. The molecule has 6 nitrogen and oxygen atoms in total. The van der Waals surface area contributed by atoms with Crippen LogP contribution < -0.4 is 5.73 Å². The molecule has 0 aliphatic heterocycles. The zero-order chi connectivity index (χ0) is 18.7. The second-order valence-electron chi connectivity index (χ2n) is 6.66. The first-order chi connectivity index (χ1) is 12.5. The van der Waals surface area contributed by atoms with Crippen molar-refractivity contribution in [3.63, 3.8) is 0 Å². The molecule has 0 aliphatic carbocycles. The first-order valence-electron chi connectivity index (χ1n) is 8.72. The lowest BCUT2D eigenvalue weighted by Gasteiger charge is -2.13. The largest absolute Gasteiger partial charge is 0.343 e. The van der Waals surface area contributed by atoms with E-state index in [4.69, 9.17) is 5.73 Å². The molecule has 2 aromatic carbocycles. The van der Waals surface area contributed by atoms with Crippen molar-refractivity contribution in [1.29, 1.82) is 0 Å². The first kappa shape index (κ1) is 18.1. The van der Waals surface area contributed by atoms with E-state index in [0.717, 1.165) is 47.2 Å². The van der Waals surface area contributed by atoms with Gasteiger partial charge >= 0.3 is 0 Å². The SMILES string of the molecule is CN(C)CCCn1c(CN)c(-c2ccccc2)c2cc([N+](=O)[O-])ccc21. The van der Waals surface area contributed by atoms with Gasteiger partial charge in [-0.05, 0) is 38.7 Å². The molecular weight excluding hydrogens is 328 g/mol. The number of nitro groups is 1. The molecule has 0 spiro atoms. The molecule has 3 rings (SSSR count). The monoisotopic (exact) mass is 352 g/mol. The van der Waals surface area contributed by atoms with E-state index in [-0.39, 0.29) is 10.6 Å². The van der Waals surface area contributed by atoms with E-state index in [9.17, 15) is 10.1 Å². The van der Waals surface area contributed by atoms with E-state index < -0.39 is 0 Å². The molecule has 0 unspecified atom stereocenters. The molecule has 0 atom stereocenters. The van der Waals surface area contributed by atoms with Crippen LogP contribution >= 0.6 is 0 Å². The van der Waals surface area contributed by atoms with Gasteiger partial charge in [0.1, 0.15) is 0 Å². The van der Waals surface area contributed by atoms with Gasteiger partial charge in [0.05, 0.1) is 4.92 Å². The van der Waals surface area contributed by atoms with Crippen LogP contribution in [-0.4, -0.2) is 35.0 Å². The molecule has 2 N–H and O–H groups in total. The number of aromatic nitrogens is 1. The van der Waals surface area contributed by atoms with Crippen LogP contribution in [0.5, 0.6) is 0 Å². The molecule has 0 saturated carbocycles. The van der Waals surface area contributed by atoms with Gasteiger partial charge in [-0.25, -0.2) is 0 Å². The molecule has 6 heteroatoms. The van der Waals surface area contributed by atoms with Gasteiger partial charge in [-0.1, -0.05) is 30.3 Å². The number of hydrogen-bond acceptors (Lipinski definition) is 4. The summed E-state index contributed by atoms with van der Waals surface area (Å²) in [6.07, 6.45) is 0.981. The van der Waals surface area contributed by atoms with E-state index in [0.29, 0.717) is 6.54 Å². The first-order valence-corrected chi connectivity index (χ1v) is 8.72. The number of nitrogens with two attached hydrogens (primary N) is 1. The minimum Gasteiger partial charge on any atom is -0.343 e. The summed E-state index contributed by atoms with van der Waals surface area (Å²) in [5, 5.41) is 12.2. The van der Waals surface area contributed by atoms with Gasteiger partial charge < -0.3 is 15.2 Å². The van der Waals surface area contributed by atoms with Crippen LogP contribution in [0.25, 0.3) is 22.0 Å². The van der Waals surface area contributed by atoms with Gasteiger partial charge in [0.15, 0.2) is 0 Å². The second kappa shape index (κ2) is 7.68. The predicted octanol–water partition coefficient (Wildman–Crippen LogP) is 3.63. The second-order valence-corrected chi connectivity index (χ2v) is 6.66. The number of aryl methyl sites for hydroxylation is 1. The molecule has 0 bridgehead atoms. The Hall–Kier alpha value is -2.70. The maximum atomic E-state index is 11.3. The maximum absolute atomic E-state index is 11.3. The number of rotatable bonds is 7. The van der Waals surface area contributed by atoms with Crippen molar-refractivity contribution in [3.8, 4) is 11.1 Å². The summed E-state index contributed by atoms with van der Waals surface area (Å²) in [7, 11) is 4.10. The number of nitrogens with zero attached hydrogens (tertiary/aromatic N) is 3. The molecule has 136 valence electrons. The fraction of sp³-hybridized carbons (Fsp3) is 0.300. The van der Waals surface area contributed by atoms with Crippen LogP contribution in [0.2, 0.25) is 0 Å². The molecule has 0 radical (unpaired) electrons. The van der Waals surface area contributed by atoms with Crippen molar-refractivity contribution in [3.05, 3.63) is 64.3 Å². The van der Waals surface area contributed by atoms with Crippen molar-refractivity contribution >= 4 is 16.6 Å². The number of non-ortho nitro benzene ring substituents is 1. The van der Waals surface area contributed by atoms with Crippen molar-refractivity contribution < 1.29 is 4.92 Å². The van der Waals surface area contributed by atoms with Gasteiger partial charge in [-0.15, -0.1) is 0 Å². The van der Waals surface area contributed by atoms with Gasteiger partial charge in [0.25, 0.3) is 5.69 Å². The molecule has 1 heterocycles. The zero-order valence-electron chi connectivity index (χ0n) is 15.2. The highest BCUT2D eigenvalue weighted by Crippen LogP contribution is 2.37. The third-order valence-corrected chi connectivity index (χ3v) is 4.61. The Balaban J connectivity index is 2.21. The Labute approximate surface area is 153 Å². The van der Waals surface area contributed by atoms with Gasteiger partial charge in [0.2, 0.25) is 0 Å². The average molecular weight is 352 g/mol. The topological polar surface area (TPSA) is 77.3 Å². The Morgan fingerprint density at radius 1 is 1.15 bits per heavy atom. The molecule has 0 amide bonds. The summed E-state index contributed by atoms with van der Waals surface area (Å²) in [6, 6.07) is 15.0. The Morgan fingerprint density at radius 3 is 2.50 bits per heavy atom. The highest BCUT2D eigenvalue weighted by molar-refractivity contribution is 5.99. The van der Waals surface area contributed by atoms with Crippen LogP contribution in [0.3, 0.4) is 0 Å². The molecule has 3 aromatic rings. The van der Waals surface area contributed by atoms with Crippen LogP contribution in [0.1, 0.15) is 12.1 Å². The predicted molar refractivity (Wildman–Crippen MR) is 105 cm³/mol. The number of fused-ring (bicyclic) bond motifs is 1. The molecule has 1 aromatic heterocycles. The Kier molecular flexibility index (Phi) is 5.35. The Morgan fingerprint density at radius 2 is 1.88 bits per heavy atom. The fourth-order valence-corrected chi connectivity index (χ4v) is 3.45. The van der Waals surface area contributed by atoms with Gasteiger partial charge in [-0.2, -0.15) is 0 Å². The van der Waals surface area contributed by atoms with E-state index >= 15 is 0 Å². The van der Waals surface area contributed by atoms with Crippen molar-refractivity contribution in [2.75, 3.05) is 20.6 Å². The summed E-state index contributed by atoms with van der Waals surface area (Å²) in [4.78, 5) is 13.1. The molecule has 0 fully saturated rings. The minimum atomic E-state index is -0.348. The molecule has 26 heavy (non-hydrogen) atoms. The smallest absolute Gasteiger partial charge is 0.270 e. The van der Waals surface area contributed by atoms with Crippen LogP contribution in [0, 0.1) is 10.1 Å².